The Balaban J connectivity index is 1.44. The maximum atomic E-state index is 13.7. The van der Waals surface area contributed by atoms with E-state index in [1.807, 2.05) is 36.4 Å². The lowest BCUT2D eigenvalue weighted by atomic mass is 10.0. The third kappa shape index (κ3) is 8.22. The van der Waals surface area contributed by atoms with Crippen LogP contribution < -0.4 is 11.1 Å². The van der Waals surface area contributed by atoms with E-state index in [4.69, 9.17) is 15.2 Å². The smallest absolute Gasteiger partial charge is 0.328 e. The van der Waals surface area contributed by atoms with Gasteiger partial charge in [-0.15, -0.1) is 0 Å². The molecular formula is C32H28F2N2O5. The molecule has 4 aromatic carbocycles. The van der Waals surface area contributed by atoms with Gasteiger partial charge in [-0.05, 0) is 52.9 Å². The number of ether oxygens (including phenoxy) is 2. The van der Waals surface area contributed by atoms with Gasteiger partial charge in [0.05, 0.1) is 5.56 Å². The number of rotatable bonds is 11. The van der Waals surface area contributed by atoms with Crippen LogP contribution in [0.25, 0.3) is 11.1 Å². The Bertz CT molecular complexity index is 1510. The minimum atomic E-state index is -1.17. The fraction of sp³-hybridized carbons (Fsp3) is 0.156. The van der Waals surface area contributed by atoms with Crippen LogP contribution in [0.4, 0.5) is 14.5 Å². The first-order valence-corrected chi connectivity index (χ1v) is 12.9. The molecule has 4 aromatic rings. The molecule has 4 rings (SSSR count). The number of nitrogen functional groups attached to an aromatic ring is 1. The summed E-state index contributed by atoms with van der Waals surface area (Å²) in [6, 6.07) is 24.8. The molecule has 0 aliphatic carbocycles. The molecule has 41 heavy (non-hydrogen) atoms. The molecule has 7 nitrogen and oxygen atoms in total. The Hall–Kier alpha value is -5.05. The molecule has 0 fully saturated rings. The van der Waals surface area contributed by atoms with Crippen LogP contribution >= 0.6 is 0 Å². The SMILES string of the molecule is Nc1cc(-c2ccc(F)c(F)c2)ccc1C(=O)N[C@H](CCC(=O)OCc1ccccc1)C(=O)OCc1ccccc1. The van der Waals surface area contributed by atoms with E-state index in [2.05, 4.69) is 5.32 Å². The van der Waals surface area contributed by atoms with Crippen LogP contribution in [0.1, 0.15) is 34.3 Å². The van der Waals surface area contributed by atoms with E-state index >= 15 is 0 Å². The molecule has 0 bridgehead atoms. The van der Waals surface area contributed by atoms with Crippen LogP contribution in [-0.2, 0) is 32.3 Å². The fourth-order valence-corrected chi connectivity index (χ4v) is 4.01. The zero-order chi connectivity index (χ0) is 29.2. The number of benzene rings is 4. The third-order valence-electron chi connectivity index (χ3n) is 6.24. The number of hydrogen-bond acceptors (Lipinski definition) is 6. The van der Waals surface area contributed by atoms with Crippen molar-refractivity contribution in [1.29, 1.82) is 0 Å². The van der Waals surface area contributed by atoms with E-state index < -0.39 is 35.5 Å². The highest BCUT2D eigenvalue weighted by Gasteiger charge is 2.25. The second-order valence-corrected chi connectivity index (χ2v) is 9.24. The number of hydrogen-bond donors (Lipinski definition) is 2. The second-order valence-electron chi connectivity index (χ2n) is 9.24. The first-order valence-electron chi connectivity index (χ1n) is 12.9. The van der Waals surface area contributed by atoms with E-state index in [9.17, 15) is 23.2 Å². The van der Waals surface area contributed by atoms with E-state index in [1.54, 1.807) is 24.3 Å². The summed E-state index contributed by atoms with van der Waals surface area (Å²) in [5.74, 6) is -3.93. The first-order chi connectivity index (χ1) is 19.8. The zero-order valence-corrected chi connectivity index (χ0v) is 22.0. The molecule has 0 spiro atoms. The standard InChI is InChI=1S/C32H28F2N2O5/c33-26-14-12-23(17-27(26)34)24-11-13-25(28(35)18-24)31(38)36-29(32(39)41-20-22-9-5-2-6-10-22)15-16-30(37)40-19-21-7-3-1-4-8-21/h1-14,17-18,29H,15-16,19-20,35H2,(H,36,38)/t29-/m1/s1. The Labute approximate surface area is 235 Å². The van der Waals surface area contributed by atoms with Crippen molar-refractivity contribution in [3.63, 3.8) is 0 Å². The number of carbonyl (C=O) groups is 3. The van der Waals surface area contributed by atoms with Crippen LogP contribution in [0.5, 0.6) is 0 Å². The lowest BCUT2D eigenvalue weighted by Gasteiger charge is -2.18. The third-order valence-corrected chi connectivity index (χ3v) is 6.24. The van der Waals surface area contributed by atoms with Crippen LogP contribution in [0, 0.1) is 11.6 Å². The molecule has 0 saturated carbocycles. The molecule has 0 aliphatic rings. The predicted octanol–water partition coefficient (Wildman–Crippen LogP) is 5.58. The second kappa shape index (κ2) is 13.8. The van der Waals surface area contributed by atoms with Gasteiger partial charge in [-0.1, -0.05) is 72.8 Å². The summed E-state index contributed by atoms with van der Waals surface area (Å²) >= 11 is 0. The predicted molar refractivity (Wildman–Crippen MR) is 149 cm³/mol. The molecule has 0 radical (unpaired) electrons. The van der Waals surface area contributed by atoms with E-state index in [1.165, 1.54) is 24.3 Å². The van der Waals surface area contributed by atoms with E-state index in [0.717, 1.165) is 23.3 Å². The molecule has 1 amide bonds. The van der Waals surface area contributed by atoms with Crippen molar-refractivity contribution in [2.75, 3.05) is 5.73 Å². The van der Waals surface area contributed by atoms with Crippen LogP contribution in [0.15, 0.2) is 97.1 Å². The molecule has 0 aliphatic heterocycles. The van der Waals surface area contributed by atoms with Crippen LogP contribution in [0.3, 0.4) is 0 Å². The maximum absolute atomic E-state index is 13.7. The number of amides is 1. The molecule has 1 atom stereocenters. The highest BCUT2D eigenvalue weighted by molar-refractivity contribution is 6.01. The van der Waals surface area contributed by atoms with Gasteiger partial charge in [-0.25, -0.2) is 13.6 Å². The van der Waals surface area contributed by atoms with Gasteiger partial charge in [0.15, 0.2) is 11.6 Å². The summed E-state index contributed by atoms with van der Waals surface area (Å²) in [5, 5.41) is 2.60. The Morgan fingerprint density at radius 2 is 1.32 bits per heavy atom. The lowest BCUT2D eigenvalue weighted by Crippen LogP contribution is -2.42. The number of nitrogens with one attached hydrogen (secondary N) is 1. The minimum Gasteiger partial charge on any atom is -0.461 e. The van der Waals surface area contributed by atoms with Crippen molar-refractivity contribution in [1.82, 2.24) is 5.32 Å². The molecule has 0 saturated heterocycles. The van der Waals surface area contributed by atoms with Crippen molar-refractivity contribution in [2.24, 2.45) is 0 Å². The van der Waals surface area contributed by atoms with E-state index in [-0.39, 0.29) is 37.3 Å². The van der Waals surface area contributed by atoms with Gasteiger partial charge < -0.3 is 20.5 Å². The highest BCUT2D eigenvalue weighted by atomic mass is 19.2. The number of nitrogens with two attached hydrogens (primary N) is 1. The molecule has 0 unspecified atom stereocenters. The molecule has 9 heteroatoms. The fourth-order valence-electron chi connectivity index (χ4n) is 4.01. The van der Waals surface area contributed by atoms with Crippen LogP contribution in [-0.4, -0.2) is 23.9 Å². The van der Waals surface area contributed by atoms with Crippen molar-refractivity contribution in [3.05, 3.63) is 125 Å². The van der Waals surface area contributed by atoms with Gasteiger partial charge in [-0.3, -0.25) is 9.59 Å². The first kappa shape index (κ1) is 28.9. The average Bonchev–Trinajstić information content (AvgIpc) is 2.99. The summed E-state index contributed by atoms with van der Waals surface area (Å²) in [4.78, 5) is 38.5. The zero-order valence-electron chi connectivity index (χ0n) is 22.0. The van der Waals surface area contributed by atoms with Crippen molar-refractivity contribution >= 4 is 23.5 Å². The largest absolute Gasteiger partial charge is 0.461 e. The van der Waals surface area contributed by atoms with Crippen molar-refractivity contribution in [2.45, 2.75) is 32.1 Å². The Morgan fingerprint density at radius 3 is 1.93 bits per heavy atom. The van der Waals surface area contributed by atoms with Gasteiger partial charge in [-0.2, -0.15) is 0 Å². The average molecular weight is 559 g/mol. The van der Waals surface area contributed by atoms with E-state index in [0.29, 0.717) is 11.1 Å². The molecule has 0 heterocycles. The summed E-state index contributed by atoms with van der Waals surface area (Å²) in [6.45, 7) is 0.0611. The molecular weight excluding hydrogens is 530 g/mol. The maximum Gasteiger partial charge on any atom is 0.328 e. The lowest BCUT2D eigenvalue weighted by molar-refractivity contribution is -0.148. The van der Waals surface area contributed by atoms with Crippen LogP contribution in [0.2, 0.25) is 0 Å². The summed E-state index contributed by atoms with van der Waals surface area (Å²) in [7, 11) is 0. The normalized spacial score (nSPS) is 11.4. The summed E-state index contributed by atoms with van der Waals surface area (Å²) in [6.07, 6.45) is -0.220. The van der Waals surface area contributed by atoms with Crippen molar-refractivity contribution in [3.8, 4) is 11.1 Å². The van der Waals surface area contributed by atoms with Gasteiger partial charge in [0.1, 0.15) is 19.3 Å². The molecule has 210 valence electrons. The monoisotopic (exact) mass is 558 g/mol. The van der Waals surface area contributed by atoms with Crippen molar-refractivity contribution < 1.29 is 32.6 Å². The number of carbonyl (C=O) groups excluding carboxylic acids is 3. The molecule has 0 aromatic heterocycles. The topological polar surface area (TPSA) is 108 Å². The Kier molecular flexibility index (Phi) is 9.77. The van der Waals surface area contributed by atoms with Gasteiger partial charge >= 0.3 is 11.9 Å². The number of anilines is 1. The highest BCUT2D eigenvalue weighted by Crippen LogP contribution is 2.26. The number of esters is 2. The minimum absolute atomic E-state index is 0.0183. The Morgan fingerprint density at radius 1 is 0.732 bits per heavy atom. The van der Waals surface area contributed by atoms with Gasteiger partial charge in [0.25, 0.3) is 5.91 Å². The summed E-state index contributed by atoms with van der Waals surface area (Å²) < 4.78 is 37.7. The summed E-state index contributed by atoms with van der Waals surface area (Å²) in [5.41, 5.74) is 8.64. The quantitative estimate of drug-likeness (QED) is 0.184. The molecule has 3 N–H and O–H groups in total. The number of halogens is 2. The van der Waals surface area contributed by atoms with Gasteiger partial charge in [0.2, 0.25) is 0 Å². The van der Waals surface area contributed by atoms with Gasteiger partial charge in [0, 0.05) is 12.1 Å².